The van der Waals surface area contributed by atoms with Crippen LogP contribution in [0.5, 0.6) is 0 Å². The second kappa shape index (κ2) is 11.0. The maximum absolute atomic E-state index is 12.0. The van der Waals surface area contributed by atoms with Gasteiger partial charge in [0.15, 0.2) is 0 Å². The first-order chi connectivity index (χ1) is 16.9. The number of carbonyl (C=O) groups excluding carboxylic acids is 2. The molecule has 0 spiro atoms. The van der Waals surface area contributed by atoms with Gasteiger partial charge in [-0.1, -0.05) is 37.3 Å². The molecule has 2 saturated heterocycles. The minimum absolute atomic E-state index is 0.399. The lowest BCUT2D eigenvalue weighted by Crippen LogP contribution is -2.49. The fourth-order valence-electron chi connectivity index (χ4n) is 5.31. The highest BCUT2D eigenvalue weighted by molar-refractivity contribution is 6.35. The van der Waals surface area contributed by atoms with E-state index in [0.717, 1.165) is 29.1 Å². The number of piperidine rings is 1. The predicted octanol–water partition coefficient (Wildman–Crippen LogP) is 3.91. The molecule has 0 radical (unpaired) electrons. The van der Waals surface area contributed by atoms with Gasteiger partial charge in [0.1, 0.15) is 0 Å². The highest BCUT2D eigenvalue weighted by Gasteiger charge is 2.26. The van der Waals surface area contributed by atoms with Crippen LogP contribution in [0.2, 0.25) is 0 Å². The first-order valence-electron chi connectivity index (χ1n) is 12.7. The van der Waals surface area contributed by atoms with Gasteiger partial charge in [-0.2, -0.15) is 5.10 Å². The summed E-state index contributed by atoms with van der Waals surface area (Å²) in [6.45, 7) is 15.3. The van der Waals surface area contributed by atoms with Crippen LogP contribution < -0.4 is 0 Å². The maximum atomic E-state index is 12.0. The Labute approximate surface area is 208 Å². The molecule has 7 nitrogen and oxygen atoms in total. The molecule has 35 heavy (non-hydrogen) atoms. The van der Waals surface area contributed by atoms with Crippen LogP contribution in [0.3, 0.4) is 0 Å². The van der Waals surface area contributed by atoms with Crippen molar-refractivity contribution in [1.29, 1.82) is 0 Å². The number of aromatic nitrogens is 1. The van der Waals surface area contributed by atoms with Crippen molar-refractivity contribution in [3.8, 4) is 11.1 Å². The van der Waals surface area contributed by atoms with Crippen molar-refractivity contribution >= 4 is 24.1 Å². The van der Waals surface area contributed by atoms with E-state index in [1.807, 2.05) is 17.8 Å². The molecule has 7 heteroatoms. The van der Waals surface area contributed by atoms with Crippen LogP contribution in [0.4, 0.5) is 0 Å². The summed E-state index contributed by atoms with van der Waals surface area (Å²) in [5, 5.41) is 4.24. The molecule has 0 atom stereocenters. The first-order valence-corrected chi connectivity index (χ1v) is 12.7. The molecule has 2 fully saturated rings. The van der Waals surface area contributed by atoms with Crippen LogP contribution >= 0.6 is 0 Å². The van der Waals surface area contributed by atoms with E-state index in [-0.39, 0.29) is 0 Å². The lowest BCUT2D eigenvalue weighted by atomic mass is 9.88. The Balaban J connectivity index is 1.48. The van der Waals surface area contributed by atoms with Crippen LogP contribution in [-0.2, 0) is 9.59 Å². The van der Waals surface area contributed by atoms with Crippen LogP contribution in [0, 0.1) is 0 Å². The summed E-state index contributed by atoms with van der Waals surface area (Å²) in [7, 11) is 0. The summed E-state index contributed by atoms with van der Waals surface area (Å²) < 4.78 is 1.83. The number of hydrogen-bond acceptors (Lipinski definition) is 5. The lowest BCUT2D eigenvalue weighted by Gasteiger charge is -2.36. The minimum atomic E-state index is -0.406. The van der Waals surface area contributed by atoms with Gasteiger partial charge >= 0.3 is 0 Å². The predicted molar refractivity (Wildman–Crippen MR) is 141 cm³/mol. The van der Waals surface area contributed by atoms with Gasteiger partial charge in [0.25, 0.3) is 5.91 Å². The van der Waals surface area contributed by atoms with E-state index in [1.54, 1.807) is 4.90 Å². The molecule has 0 unspecified atom stereocenters. The van der Waals surface area contributed by atoms with E-state index in [0.29, 0.717) is 32.1 Å². The van der Waals surface area contributed by atoms with Crippen molar-refractivity contribution in [2.24, 2.45) is 5.10 Å². The molecule has 2 aliphatic heterocycles. The number of likely N-dealkylation sites (tertiary alicyclic amines) is 1. The van der Waals surface area contributed by atoms with E-state index in [2.05, 4.69) is 65.0 Å². The molecule has 0 bridgehead atoms. The molecule has 3 heterocycles. The van der Waals surface area contributed by atoms with Crippen molar-refractivity contribution in [3.63, 3.8) is 0 Å². The Hall–Kier alpha value is -3.19. The Morgan fingerprint density at radius 2 is 1.63 bits per heavy atom. The smallest absolute Gasteiger partial charge is 0.289 e. The Morgan fingerprint density at radius 1 is 1.00 bits per heavy atom. The number of benzene rings is 1. The Kier molecular flexibility index (Phi) is 7.86. The van der Waals surface area contributed by atoms with Gasteiger partial charge in [0, 0.05) is 51.6 Å². The lowest BCUT2D eigenvalue weighted by molar-refractivity contribution is -0.144. The maximum Gasteiger partial charge on any atom is 0.289 e. The number of Topliss-reactive ketones (excluding diaryl/α,β-unsaturated/α-hetero) is 1. The van der Waals surface area contributed by atoms with E-state index in [9.17, 15) is 9.59 Å². The average Bonchev–Trinajstić information content (AvgIpc) is 3.33. The normalized spacial score (nSPS) is 18.1. The number of rotatable bonds is 7. The fourth-order valence-corrected chi connectivity index (χ4v) is 5.31. The van der Waals surface area contributed by atoms with Crippen LogP contribution in [-0.4, -0.2) is 83.6 Å². The molecule has 0 N–H and O–H groups in total. The number of amides is 1. The molecule has 0 aliphatic carbocycles. The summed E-state index contributed by atoms with van der Waals surface area (Å²) in [6, 6.07) is 11.2. The molecular weight excluding hydrogens is 438 g/mol. The van der Waals surface area contributed by atoms with Gasteiger partial charge in [0.2, 0.25) is 5.78 Å². The van der Waals surface area contributed by atoms with Gasteiger partial charge in [-0.05, 0) is 62.5 Å². The van der Waals surface area contributed by atoms with Gasteiger partial charge in [-0.3, -0.25) is 9.59 Å². The fraction of sp³-hybridized carbons (Fsp3) is 0.464. The van der Waals surface area contributed by atoms with E-state index >= 15 is 0 Å². The average molecular weight is 476 g/mol. The molecule has 2 aliphatic rings. The zero-order valence-corrected chi connectivity index (χ0v) is 21.2. The van der Waals surface area contributed by atoms with E-state index < -0.39 is 11.7 Å². The molecule has 4 rings (SSSR count). The molecule has 0 saturated carbocycles. The van der Waals surface area contributed by atoms with Crippen molar-refractivity contribution in [1.82, 2.24) is 19.4 Å². The largest absolute Gasteiger partial charge is 0.367 e. The monoisotopic (exact) mass is 475 g/mol. The minimum Gasteiger partial charge on any atom is -0.367 e. The number of piperazine rings is 1. The molecule has 1 amide bonds. The van der Waals surface area contributed by atoms with Gasteiger partial charge in [-0.15, -0.1) is 0 Å². The summed E-state index contributed by atoms with van der Waals surface area (Å²) in [5.74, 6) is -0.161. The summed E-state index contributed by atoms with van der Waals surface area (Å²) in [4.78, 5) is 29.9. The standard InChI is InChI=1S/C28H37N5O2/c1-5-26(31-15-17-32(18-16-31)28(35)21(3)34)27-19-25(20-33(27)29-4)23-9-7-22(8-10-23)24-11-13-30(6-2)14-12-24/h5,7-10,19-20,24H,4,6,11-18H2,1-3H3/b26-5+. The van der Waals surface area contributed by atoms with Gasteiger partial charge < -0.3 is 14.7 Å². The molecule has 1 aromatic heterocycles. The summed E-state index contributed by atoms with van der Waals surface area (Å²) >= 11 is 0. The second-order valence-electron chi connectivity index (χ2n) is 9.44. The Morgan fingerprint density at radius 3 is 2.17 bits per heavy atom. The number of nitrogens with zero attached hydrogens (tertiary/aromatic N) is 5. The van der Waals surface area contributed by atoms with Crippen LogP contribution in [0.15, 0.2) is 47.7 Å². The zero-order chi connectivity index (χ0) is 24.9. The number of ketones is 1. The van der Waals surface area contributed by atoms with Crippen LogP contribution in [0.1, 0.15) is 50.8 Å². The Bertz CT molecular complexity index is 1090. The third-order valence-corrected chi connectivity index (χ3v) is 7.45. The van der Waals surface area contributed by atoms with E-state index in [4.69, 9.17) is 0 Å². The quantitative estimate of drug-likeness (QED) is 0.450. The van der Waals surface area contributed by atoms with Crippen molar-refractivity contribution in [3.05, 3.63) is 53.9 Å². The molecular formula is C28H37N5O2. The van der Waals surface area contributed by atoms with Crippen molar-refractivity contribution < 1.29 is 9.59 Å². The van der Waals surface area contributed by atoms with Crippen molar-refractivity contribution in [2.75, 3.05) is 45.8 Å². The molecule has 2 aromatic rings. The SMILES string of the molecule is C=Nn1cc(-c2ccc(C3CCN(CC)CC3)cc2)cc1/C(=C\C)N1CCN(C(=O)C(C)=O)CC1. The summed E-state index contributed by atoms with van der Waals surface area (Å²) in [5.41, 5.74) is 5.72. The van der Waals surface area contributed by atoms with E-state index in [1.165, 1.54) is 38.4 Å². The zero-order valence-electron chi connectivity index (χ0n) is 21.2. The number of allylic oxidation sites excluding steroid dienone is 1. The summed E-state index contributed by atoms with van der Waals surface area (Å²) in [6.07, 6.45) is 6.55. The number of carbonyl (C=O) groups is 2. The molecule has 1 aromatic carbocycles. The first kappa shape index (κ1) is 24.9. The van der Waals surface area contributed by atoms with Crippen LogP contribution in [0.25, 0.3) is 16.8 Å². The van der Waals surface area contributed by atoms with Gasteiger partial charge in [-0.25, -0.2) is 4.68 Å². The highest BCUT2D eigenvalue weighted by Crippen LogP contribution is 2.32. The topological polar surface area (TPSA) is 61.2 Å². The van der Waals surface area contributed by atoms with Gasteiger partial charge in [0.05, 0.1) is 11.4 Å². The molecule has 186 valence electrons. The highest BCUT2D eigenvalue weighted by atomic mass is 16.2. The van der Waals surface area contributed by atoms with Crippen molar-refractivity contribution in [2.45, 2.75) is 39.5 Å². The second-order valence-corrected chi connectivity index (χ2v) is 9.44. The third-order valence-electron chi connectivity index (χ3n) is 7.45. The third kappa shape index (κ3) is 5.40. The number of hydrogen-bond donors (Lipinski definition) is 0.